The summed E-state index contributed by atoms with van der Waals surface area (Å²) in [6.07, 6.45) is -17.7. The molecule has 0 bridgehead atoms. The first kappa shape index (κ1) is 26.4. The average Bonchev–Trinajstić information content (AvgIpc) is 3.08. The van der Waals surface area contributed by atoms with E-state index in [0.717, 1.165) is 12.1 Å². The van der Waals surface area contributed by atoms with E-state index in [4.69, 9.17) is 4.74 Å². The third kappa shape index (κ3) is 5.54. The van der Waals surface area contributed by atoms with Gasteiger partial charge in [0.25, 0.3) is 0 Å². The fourth-order valence-corrected chi connectivity index (χ4v) is 3.53. The lowest BCUT2D eigenvalue weighted by Gasteiger charge is -2.29. The van der Waals surface area contributed by atoms with Gasteiger partial charge >= 0.3 is 18.5 Å². The SMILES string of the molecule is OC1C(C(OCI)c2ccc(C(F)(F)F)cn2)C(C(F)(F)F)=NN1c1ccc(C(F)(F)F)cn1. The molecule has 6 nitrogen and oxygen atoms in total. The Kier molecular flexibility index (Phi) is 7.33. The highest BCUT2D eigenvalue weighted by atomic mass is 127. The van der Waals surface area contributed by atoms with Gasteiger partial charge in [-0.2, -0.15) is 44.6 Å². The van der Waals surface area contributed by atoms with Gasteiger partial charge in [-0.05, 0) is 24.3 Å². The third-order valence-corrected chi connectivity index (χ3v) is 5.04. The van der Waals surface area contributed by atoms with E-state index in [1.165, 1.54) is 0 Å². The van der Waals surface area contributed by atoms with Gasteiger partial charge in [-0.3, -0.25) is 4.98 Å². The number of aliphatic hydroxyl groups excluding tert-OH is 1. The number of hydrogen-bond donors (Lipinski definition) is 1. The summed E-state index contributed by atoms with van der Waals surface area (Å²) in [6.45, 7) is 0. The number of anilines is 1. The quantitative estimate of drug-likeness (QED) is 0.280. The van der Waals surface area contributed by atoms with E-state index in [9.17, 15) is 44.6 Å². The molecule has 1 aliphatic rings. The highest BCUT2D eigenvalue weighted by Crippen LogP contribution is 2.42. The standard InChI is InChI=1S/C18H12F9IN4O2/c19-16(20,21)8-1-3-10(29-5-8)13(34-7-28)12-14(18(25,26)27)31-32(15(12)33)11-4-2-9(6-30-11)17(22,23)24/h1-6,12-13,15,33H,7H2. The van der Waals surface area contributed by atoms with Crippen molar-refractivity contribution in [2.75, 3.05) is 9.62 Å². The van der Waals surface area contributed by atoms with Gasteiger partial charge in [0.1, 0.15) is 6.10 Å². The Morgan fingerprint density at radius 2 is 1.44 bits per heavy atom. The molecule has 0 aliphatic carbocycles. The molecular weight excluding hydrogens is 602 g/mol. The molecular formula is C18H12F9IN4O2. The molecule has 16 heteroatoms. The molecule has 34 heavy (non-hydrogen) atoms. The number of pyridine rings is 2. The summed E-state index contributed by atoms with van der Waals surface area (Å²) in [5, 5.41) is 14.3. The van der Waals surface area contributed by atoms with Gasteiger partial charge in [0.05, 0.1) is 27.4 Å². The van der Waals surface area contributed by atoms with Gasteiger partial charge in [0.15, 0.2) is 17.8 Å². The summed E-state index contributed by atoms with van der Waals surface area (Å²) < 4.78 is 123. The van der Waals surface area contributed by atoms with Crippen LogP contribution in [0.5, 0.6) is 0 Å². The van der Waals surface area contributed by atoms with E-state index in [-0.39, 0.29) is 10.3 Å². The van der Waals surface area contributed by atoms with Gasteiger partial charge in [0.2, 0.25) is 0 Å². The second kappa shape index (κ2) is 9.44. The molecule has 0 saturated heterocycles. The molecule has 0 radical (unpaired) electrons. The van der Waals surface area contributed by atoms with Crippen LogP contribution in [-0.4, -0.2) is 37.8 Å². The van der Waals surface area contributed by atoms with Crippen LogP contribution in [-0.2, 0) is 17.1 Å². The van der Waals surface area contributed by atoms with Crippen LogP contribution >= 0.6 is 22.6 Å². The minimum atomic E-state index is -5.13. The molecule has 1 N–H and O–H groups in total. The van der Waals surface area contributed by atoms with Crippen molar-refractivity contribution in [3.8, 4) is 0 Å². The number of ether oxygens (including phenoxy) is 1. The minimum Gasteiger partial charge on any atom is -0.371 e. The van der Waals surface area contributed by atoms with Crippen LogP contribution in [0, 0.1) is 5.92 Å². The van der Waals surface area contributed by atoms with Crippen LogP contribution in [0.2, 0.25) is 0 Å². The molecule has 1 aliphatic heterocycles. The van der Waals surface area contributed by atoms with E-state index in [2.05, 4.69) is 15.1 Å². The number of aromatic nitrogens is 2. The molecule has 3 atom stereocenters. The summed E-state index contributed by atoms with van der Waals surface area (Å²) >= 11 is 1.63. The maximum absolute atomic E-state index is 13.8. The van der Waals surface area contributed by atoms with Crippen LogP contribution in [0.1, 0.15) is 22.9 Å². The highest BCUT2D eigenvalue weighted by molar-refractivity contribution is 14.1. The van der Waals surface area contributed by atoms with Crippen molar-refractivity contribution in [1.29, 1.82) is 0 Å². The summed E-state index contributed by atoms with van der Waals surface area (Å²) in [4.78, 5) is 6.99. The first-order valence-electron chi connectivity index (χ1n) is 9.01. The van der Waals surface area contributed by atoms with E-state index in [1.807, 2.05) is 0 Å². The normalized spacial score (nSPS) is 20.4. The van der Waals surface area contributed by atoms with E-state index in [0.29, 0.717) is 29.5 Å². The Morgan fingerprint density at radius 3 is 1.85 bits per heavy atom. The van der Waals surface area contributed by atoms with Crippen molar-refractivity contribution in [2.45, 2.75) is 30.9 Å². The lowest BCUT2D eigenvalue weighted by molar-refractivity contribution is -0.138. The van der Waals surface area contributed by atoms with Crippen molar-refractivity contribution in [3.63, 3.8) is 0 Å². The van der Waals surface area contributed by atoms with E-state index in [1.54, 1.807) is 22.6 Å². The Morgan fingerprint density at radius 1 is 0.882 bits per heavy atom. The molecule has 3 unspecified atom stereocenters. The molecule has 3 rings (SSSR count). The second-order valence-electron chi connectivity index (χ2n) is 6.84. The van der Waals surface area contributed by atoms with Crippen LogP contribution in [0.4, 0.5) is 45.3 Å². The van der Waals surface area contributed by atoms with Gasteiger partial charge < -0.3 is 9.84 Å². The fraction of sp³-hybridized carbons (Fsp3) is 0.389. The second-order valence-corrected chi connectivity index (χ2v) is 7.46. The monoisotopic (exact) mass is 614 g/mol. The highest BCUT2D eigenvalue weighted by Gasteiger charge is 2.54. The van der Waals surface area contributed by atoms with Gasteiger partial charge in [0, 0.05) is 12.4 Å². The van der Waals surface area contributed by atoms with E-state index >= 15 is 0 Å². The number of aliphatic hydroxyl groups is 1. The summed E-state index contributed by atoms with van der Waals surface area (Å²) in [5.74, 6) is -2.54. The van der Waals surface area contributed by atoms with Crippen molar-refractivity contribution >= 4 is 34.1 Å². The third-order valence-electron chi connectivity index (χ3n) is 4.68. The van der Waals surface area contributed by atoms with Crippen molar-refractivity contribution in [2.24, 2.45) is 11.0 Å². The molecule has 2 aromatic rings. The van der Waals surface area contributed by atoms with Crippen molar-refractivity contribution in [3.05, 3.63) is 53.5 Å². The summed E-state index contributed by atoms with van der Waals surface area (Å²) in [6, 6.07) is 2.66. The lowest BCUT2D eigenvalue weighted by Crippen LogP contribution is -2.41. The molecule has 0 saturated carbocycles. The lowest BCUT2D eigenvalue weighted by atomic mass is 9.92. The topological polar surface area (TPSA) is 70.8 Å². The number of alkyl halides is 10. The predicted octanol–water partition coefficient (Wildman–Crippen LogP) is 5.34. The Labute approximate surface area is 198 Å². The molecule has 0 fully saturated rings. The smallest absolute Gasteiger partial charge is 0.371 e. The maximum atomic E-state index is 13.8. The number of rotatable bonds is 5. The molecule has 186 valence electrons. The zero-order valence-electron chi connectivity index (χ0n) is 16.3. The Hall–Kier alpha value is -2.21. The first-order chi connectivity index (χ1) is 15.6. The molecule has 2 aromatic heterocycles. The van der Waals surface area contributed by atoms with Gasteiger partial charge in [-0.1, -0.05) is 22.6 Å². The maximum Gasteiger partial charge on any atom is 0.431 e. The summed E-state index contributed by atoms with van der Waals surface area (Å²) in [5.41, 5.74) is -4.26. The van der Waals surface area contributed by atoms with Crippen molar-refractivity contribution in [1.82, 2.24) is 9.97 Å². The van der Waals surface area contributed by atoms with Crippen LogP contribution in [0.3, 0.4) is 0 Å². The van der Waals surface area contributed by atoms with Gasteiger partial charge in [-0.15, -0.1) is 0 Å². The molecule has 0 amide bonds. The number of hydrogen-bond acceptors (Lipinski definition) is 6. The fourth-order valence-electron chi connectivity index (χ4n) is 3.14. The Bertz CT molecular complexity index is 1020. The zero-order valence-corrected chi connectivity index (χ0v) is 18.5. The summed E-state index contributed by atoms with van der Waals surface area (Å²) in [7, 11) is 0. The van der Waals surface area contributed by atoms with Crippen LogP contribution in [0.15, 0.2) is 41.8 Å². The number of hydrazone groups is 1. The Balaban J connectivity index is 2.01. The largest absolute Gasteiger partial charge is 0.431 e. The van der Waals surface area contributed by atoms with Gasteiger partial charge in [-0.25, -0.2) is 9.99 Å². The van der Waals surface area contributed by atoms with Crippen LogP contribution < -0.4 is 5.01 Å². The number of halogens is 10. The van der Waals surface area contributed by atoms with Crippen LogP contribution in [0.25, 0.3) is 0 Å². The number of nitrogens with zero attached hydrogens (tertiary/aromatic N) is 4. The first-order valence-corrected chi connectivity index (χ1v) is 10.5. The minimum absolute atomic E-state index is 0.238. The predicted molar refractivity (Wildman–Crippen MR) is 107 cm³/mol. The molecule has 3 heterocycles. The van der Waals surface area contributed by atoms with Crippen molar-refractivity contribution < 1.29 is 49.4 Å². The van der Waals surface area contributed by atoms with E-state index < -0.39 is 59.4 Å². The molecule has 0 spiro atoms. The molecule has 0 aromatic carbocycles. The zero-order chi connectivity index (χ0) is 25.5. The average molecular weight is 614 g/mol.